The van der Waals surface area contributed by atoms with Gasteiger partial charge in [0, 0.05) is 12.1 Å². The van der Waals surface area contributed by atoms with Gasteiger partial charge in [0.05, 0.1) is 11.9 Å². The molecule has 0 bridgehead atoms. The second-order valence-electron chi connectivity index (χ2n) is 4.48. The third kappa shape index (κ3) is 2.59. The molecule has 0 radical (unpaired) electrons. The molecular formula is C12H9ClF3N5O. The number of hydrogen-bond donors (Lipinski definition) is 2. The topological polar surface area (TPSA) is 79.6 Å². The predicted molar refractivity (Wildman–Crippen MR) is 72.5 cm³/mol. The largest absolute Gasteiger partial charge is 0.469 e. The van der Waals surface area contributed by atoms with Gasteiger partial charge >= 0.3 is 6.18 Å². The van der Waals surface area contributed by atoms with E-state index in [9.17, 15) is 13.2 Å². The summed E-state index contributed by atoms with van der Waals surface area (Å²) in [5.74, 6) is 0.446. The highest BCUT2D eigenvalue weighted by atomic mass is 35.5. The van der Waals surface area contributed by atoms with Gasteiger partial charge < -0.3 is 14.7 Å². The molecule has 22 heavy (non-hydrogen) atoms. The van der Waals surface area contributed by atoms with Crippen LogP contribution in [0.4, 0.5) is 19.0 Å². The molecule has 0 saturated heterocycles. The molecular weight excluding hydrogens is 323 g/mol. The number of aromatic amines is 1. The number of aromatic nitrogens is 4. The number of rotatable bonds is 3. The van der Waals surface area contributed by atoms with Crippen molar-refractivity contribution in [3.05, 3.63) is 34.8 Å². The number of nitrogens with one attached hydrogen (secondary N) is 2. The fraction of sp³-hybridized carbons (Fsp3) is 0.250. The molecule has 0 aromatic carbocycles. The second-order valence-corrected chi connectivity index (χ2v) is 4.82. The smallest absolute Gasteiger partial charge is 0.419 e. The lowest BCUT2D eigenvalue weighted by Gasteiger charge is -2.10. The lowest BCUT2D eigenvalue weighted by molar-refractivity contribution is -0.138. The molecule has 3 aromatic heterocycles. The molecule has 0 aliphatic carbocycles. The second kappa shape index (κ2) is 5.16. The van der Waals surface area contributed by atoms with Crippen LogP contribution < -0.4 is 5.32 Å². The van der Waals surface area contributed by atoms with E-state index >= 15 is 0 Å². The van der Waals surface area contributed by atoms with Crippen molar-refractivity contribution in [3.8, 4) is 0 Å². The molecule has 6 nitrogen and oxygen atoms in total. The summed E-state index contributed by atoms with van der Waals surface area (Å²) in [7, 11) is 0. The van der Waals surface area contributed by atoms with Crippen LogP contribution in [0.15, 0.2) is 17.0 Å². The number of H-pyrrole nitrogens is 1. The van der Waals surface area contributed by atoms with E-state index in [4.69, 9.17) is 16.0 Å². The highest BCUT2D eigenvalue weighted by molar-refractivity contribution is 6.28. The monoisotopic (exact) mass is 331 g/mol. The van der Waals surface area contributed by atoms with Gasteiger partial charge in [0.15, 0.2) is 11.5 Å². The molecule has 0 unspecified atom stereocenters. The molecule has 3 heterocycles. The van der Waals surface area contributed by atoms with Crippen LogP contribution in [0.25, 0.3) is 11.2 Å². The standard InChI is InChI=1S/C12H9ClF3N5O/c1-5-6(7(3-22-5)12(14,15)16)2-17-9-8-10(19-4-18-8)21-11(13)20-9/h3-4H,2H2,1H3,(H2,17,18,19,20,21). The molecule has 3 aromatic rings. The molecule has 3 rings (SSSR count). The Labute approximate surface area is 126 Å². The number of alkyl halides is 3. The number of furan rings is 1. The Hall–Kier alpha value is -2.29. The maximum atomic E-state index is 12.9. The van der Waals surface area contributed by atoms with Crippen molar-refractivity contribution in [2.75, 3.05) is 5.32 Å². The summed E-state index contributed by atoms with van der Waals surface area (Å²) in [5.41, 5.74) is -0.0324. The van der Waals surface area contributed by atoms with E-state index in [1.54, 1.807) is 0 Å². The summed E-state index contributed by atoms with van der Waals surface area (Å²) in [6.07, 6.45) is -2.39. The van der Waals surface area contributed by atoms with Crippen molar-refractivity contribution in [3.63, 3.8) is 0 Å². The van der Waals surface area contributed by atoms with Crippen molar-refractivity contribution in [1.29, 1.82) is 0 Å². The summed E-state index contributed by atoms with van der Waals surface area (Å²) in [5, 5.41) is 2.75. The van der Waals surface area contributed by atoms with Gasteiger partial charge in [0.25, 0.3) is 0 Å². The zero-order valence-electron chi connectivity index (χ0n) is 11.1. The van der Waals surface area contributed by atoms with E-state index in [0.29, 0.717) is 17.4 Å². The highest BCUT2D eigenvalue weighted by Gasteiger charge is 2.36. The summed E-state index contributed by atoms with van der Waals surface area (Å²) in [6.45, 7) is 1.34. The molecule has 0 aliphatic heterocycles. The van der Waals surface area contributed by atoms with E-state index in [1.165, 1.54) is 13.3 Å². The molecule has 116 valence electrons. The van der Waals surface area contributed by atoms with Crippen LogP contribution in [0.2, 0.25) is 5.28 Å². The Morgan fingerprint density at radius 3 is 2.86 bits per heavy atom. The van der Waals surface area contributed by atoms with E-state index < -0.39 is 11.7 Å². The van der Waals surface area contributed by atoms with Crippen LogP contribution in [-0.4, -0.2) is 19.9 Å². The number of aryl methyl sites for hydroxylation is 1. The Balaban J connectivity index is 1.92. The van der Waals surface area contributed by atoms with Gasteiger partial charge in [-0.05, 0) is 18.5 Å². The molecule has 0 atom stereocenters. The van der Waals surface area contributed by atoms with E-state index in [1.807, 2.05) is 0 Å². The molecule has 0 amide bonds. The Morgan fingerprint density at radius 1 is 1.36 bits per heavy atom. The third-order valence-corrected chi connectivity index (χ3v) is 3.27. The number of imidazole rings is 1. The minimum absolute atomic E-state index is 0.00917. The summed E-state index contributed by atoms with van der Waals surface area (Å²) >= 11 is 5.76. The first-order valence-corrected chi connectivity index (χ1v) is 6.48. The van der Waals surface area contributed by atoms with Gasteiger partial charge in [-0.2, -0.15) is 23.1 Å². The van der Waals surface area contributed by atoms with Gasteiger partial charge in [-0.3, -0.25) is 0 Å². The predicted octanol–water partition coefficient (Wildman–Crippen LogP) is 3.54. The Kier molecular flexibility index (Phi) is 3.44. The number of hydrogen-bond acceptors (Lipinski definition) is 5. The van der Waals surface area contributed by atoms with Crippen LogP contribution in [0, 0.1) is 6.92 Å². The van der Waals surface area contributed by atoms with Crippen molar-refractivity contribution < 1.29 is 17.6 Å². The molecule has 2 N–H and O–H groups in total. The van der Waals surface area contributed by atoms with Crippen LogP contribution in [0.1, 0.15) is 16.9 Å². The van der Waals surface area contributed by atoms with E-state index in [2.05, 4.69) is 25.3 Å². The first kappa shape index (κ1) is 14.6. The summed E-state index contributed by atoms with van der Waals surface area (Å²) in [4.78, 5) is 14.6. The fourth-order valence-corrected chi connectivity index (χ4v) is 2.21. The highest BCUT2D eigenvalue weighted by Crippen LogP contribution is 2.35. The van der Waals surface area contributed by atoms with Crippen molar-refractivity contribution in [2.24, 2.45) is 0 Å². The maximum absolute atomic E-state index is 12.9. The lowest BCUT2D eigenvalue weighted by Crippen LogP contribution is -2.11. The zero-order valence-corrected chi connectivity index (χ0v) is 11.9. The van der Waals surface area contributed by atoms with Crippen LogP contribution in [0.3, 0.4) is 0 Å². The van der Waals surface area contributed by atoms with E-state index in [-0.39, 0.29) is 29.0 Å². The third-order valence-electron chi connectivity index (χ3n) is 3.10. The van der Waals surface area contributed by atoms with Crippen LogP contribution in [0.5, 0.6) is 0 Å². The van der Waals surface area contributed by atoms with Crippen molar-refractivity contribution in [2.45, 2.75) is 19.6 Å². The first-order chi connectivity index (χ1) is 10.4. The van der Waals surface area contributed by atoms with Gasteiger partial charge in [-0.15, -0.1) is 0 Å². The molecule has 0 saturated carbocycles. The van der Waals surface area contributed by atoms with Gasteiger partial charge in [-0.1, -0.05) is 0 Å². The zero-order chi connectivity index (χ0) is 15.9. The quantitative estimate of drug-likeness (QED) is 0.718. The maximum Gasteiger partial charge on any atom is 0.419 e. The average Bonchev–Trinajstić information content (AvgIpc) is 3.01. The summed E-state index contributed by atoms with van der Waals surface area (Å²) in [6, 6.07) is 0. The van der Waals surface area contributed by atoms with Gasteiger partial charge in [-0.25, -0.2) is 4.98 Å². The SMILES string of the molecule is Cc1occ(C(F)(F)F)c1CNc1nc(Cl)nc2nc[nH]c12. The lowest BCUT2D eigenvalue weighted by atomic mass is 10.1. The van der Waals surface area contributed by atoms with Gasteiger partial charge in [0.2, 0.25) is 5.28 Å². The first-order valence-electron chi connectivity index (χ1n) is 6.11. The van der Waals surface area contributed by atoms with E-state index in [0.717, 1.165) is 0 Å². The number of anilines is 1. The Morgan fingerprint density at radius 2 is 2.14 bits per heavy atom. The number of nitrogens with zero attached hydrogens (tertiary/aromatic N) is 3. The molecule has 0 aliphatic rings. The molecule has 0 spiro atoms. The average molecular weight is 332 g/mol. The molecule has 10 heteroatoms. The normalized spacial score (nSPS) is 12.0. The summed E-state index contributed by atoms with van der Waals surface area (Å²) < 4.78 is 43.6. The van der Waals surface area contributed by atoms with Crippen LogP contribution >= 0.6 is 11.6 Å². The van der Waals surface area contributed by atoms with Crippen molar-refractivity contribution in [1.82, 2.24) is 19.9 Å². The number of halogens is 4. The molecule has 0 fully saturated rings. The number of fused-ring (bicyclic) bond motifs is 1. The van der Waals surface area contributed by atoms with Gasteiger partial charge in [0.1, 0.15) is 17.5 Å². The Bertz CT molecular complexity index is 826. The van der Waals surface area contributed by atoms with Crippen LogP contribution in [-0.2, 0) is 12.7 Å². The minimum Gasteiger partial charge on any atom is -0.469 e. The van der Waals surface area contributed by atoms with Crippen molar-refractivity contribution >= 4 is 28.6 Å². The minimum atomic E-state index is -4.48. The fourth-order valence-electron chi connectivity index (χ4n) is 2.04.